The number of phenols is 1. The van der Waals surface area contributed by atoms with Crippen LogP contribution >= 0.6 is 0 Å². The van der Waals surface area contributed by atoms with Gasteiger partial charge in [-0.3, -0.25) is 0 Å². The summed E-state index contributed by atoms with van der Waals surface area (Å²) in [5.74, 6) is 0.271. The molecule has 2 heteroatoms. The molecule has 0 saturated carbocycles. The monoisotopic (exact) mass is 184 g/mol. The number of fused-ring (bicyclic) bond motifs is 3. The van der Waals surface area contributed by atoms with Crippen LogP contribution in [0.1, 0.15) is 0 Å². The summed E-state index contributed by atoms with van der Waals surface area (Å²) in [6.07, 6.45) is 0. The van der Waals surface area contributed by atoms with Gasteiger partial charge in [0, 0.05) is 5.39 Å². The second kappa shape index (κ2) is 2.51. The van der Waals surface area contributed by atoms with Gasteiger partial charge in [-0.25, -0.2) is 0 Å². The molecule has 1 aromatic heterocycles. The topological polar surface area (TPSA) is 33.4 Å². The molecule has 0 bridgehead atoms. The number of furan rings is 1. The highest BCUT2D eigenvalue weighted by Crippen LogP contribution is 2.34. The highest BCUT2D eigenvalue weighted by Gasteiger charge is 2.08. The third-order valence-electron chi connectivity index (χ3n) is 2.38. The minimum Gasteiger partial charge on any atom is -0.507 e. The predicted molar refractivity (Wildman–Crippen MR) is 55.4 cm³/mol. The van der Waals surface area contributed by atoms with Crippen molar-refractivity contribution < 1.29 is 9.52 Å². The summed E-state index contributed by atoms with van der Waals surface area (Å²) in [5.41, 5.74) is 1.54. The van der Waals surface area contributed by atoms with E-state index in [1.54, 1.807) is 12.1 Å². The van der Waals surface area contributed by atoms with Gasteiger partial charge in [0.2, 0.25) is 0 Å². The van der Waals surface area contributed by atoms with Crippen LogP contribution in [0.4, 0.5) is 0 Å². The number of hydrogen-bond acceptors (Lipinski definition) is 2. The maximum atomic E-state index is 9.70. The van der Waals surface area contributed by atoms with Crippen molar-refractivity contribution >= 4 is 21.9 Å². The first-order chi connectivity index (χ1) is 6.86. The summed E-state index contributed by atoms with van der Waals surface area (Å²) in [6, 6.07) is 13.0. The first-order valence-electron chi connectivity index (χ1n) is 4.45. The van der Waals surface area contributed by atoms with Crippen LogP contribution in [0.25, 0.3) is 21.9 Å². The van der Waals surface area contributed by atoms with E-state index in [0.717, 1.165) is 21.9 Å². The summed E-state index contributed by atoms with van der Waals surface area (Å²) in [5, 5.41) is 11.5. The Balaban J connectivity index is 2.65. The molecule has 14 heavy (non-hydrogen) atoms. The number of hydrogen-bond donors (Lipinski definition) is 1. The fourth-order valence-electron chi connectivity index (χ4n) is 1.76. The maximum absolute atomic E-state index is 9.70. The van der Waals surface area contributed by atoms with Crippen molar-refractivity contribution in [3.8, 4) is 5.75 Å². The van der Waals surface area contributed by atoms with Crippen molar-refractivity contribution in [2.75, 3.05) is 0 Å². The van der Waals surface area contributed by atoms with Gasteiger partial charge >= 0.3 is 0 Å². The molecule has 0 spiro atoms. The zero-order chi connectivity index (χ0) is 9.54. The van der Waals surface area contributed by atoms with Gasteiger partial charge in [-0.1, -0.05) is 24.3 Å². The van der Waals surface area contributed by atoms with E-state index < -0.39 is 0 Å². The molecule has 1 heterocycles. The highest BCUT2D eigenvalue weighted by atomic mass is 16.3. The Morgan fingerprint density at radius 1 is 0.857 bits per heavy atom. The van der Waals surface area contributed by atoms with Crippen LogP contribution in [0, 0.1) is 0 Å². The normalized spacial score (nSPS) is 11.1. The molecule has 0 unspecified atom stereocenters. The molecule has 0 atom stereocenters. The van der Waals surface area contributed by atoms with Crippen molar-refractivity contribution in [2.45, 2.75) is 0 Å². The lowest BCUT2D eigenvalue weighted by molar-refractivity contribution is 0.481. The molecule has 0 radical (unpaired) electrons. The quantitative estimate of drug-likeness (QED) is 0.581. The standard InChI is InChI=1S/C12H8O2/c13-9-5-3-7-11-12(9)8-4-1-2-6-10(8)14-11/h1-7,13H. The Kier molecular flexibility index (Phi) is 1.34. The van der Waals surface area contributed by atoms with E-state index in [0.29, 0.717) is 0 Å². The third-order valence-corrected chi connectivity index (χ3v) is 2.38. The fraction of sp³-hybridized carbons (Fsp3) is 0. The maximum Gasteiger partial charge on any atom is 0.139 e. The fourth-order valence-corrected chi connectivity index (χ4v) is 1.76. The summed E-state index contributed by atoms with van der Waals surface area (Å²) >= 11 is 0. The third kappa shape index (κ3) is 0.852. The Bertz CT molecular complexity index is 608. The van der Waals surface area contributed by atoms with Crippen molar-refractivity contribution in [2.24, 2.45) is 0 Å². The smallest absolute Gasteiger partial charge is 0.139 e. The second-order valence-corrected chi connectivity index (χ2v) is 3.25. The Hall–Kier alpha value is -1.96. The average Bonchev–Trinajstić information content (AvgIpc) is 2.57. The van der Waals surface area contributed by atoms with Crippen LogP contribution in [-0.4, -0.2) is 5.11 Å². The molecule has 0 saturated heterocycles. The van der Waals surface area contributed by atoms with Gasteiger partial charge in [0.25, 0.3) is 0 Å². The van der Waals surface area contributed by atoms with E-state index in [1.807, 2.05) is 30.3 Å². The molecule has 68 valence electrons. The molecular formula is C12H8O2. The van der Waals surface area contributed by atoms with Gasteiger partial charge in [0.15, 0.2) is 0 Å². The molecule has 0 aliphatic heterocycles. The van der Waals surface area contributed by atoms with E-state index >= 15 is 0 Å². The molecule has 3 rings (SSSR count). The van der Waals surface area contributed by atoms with Gasteiger partial charge in [-0.15, -0.1) is 0 Å². The lowest BCUT2D eigenvalue weighted by Crippen LogP contribution is -1.67. The van der Waals surface area contributed by atoms with Crippen LogP contribution in [-0.2, 0) is 0 Å². The number of rotatable bonds is 0. The Morgan fingerprint density at radius 3 is 2.57 bits per heavy atom. The van der Waals surface area contributed by atoms with Crippen LogP contribution in [0.2, 0.25) is 0 Å². The van der Waals surface area contributed by atoms with E-state index in [1.165, 1.54) is 0 Å². The zero-order valence-corrected chi connectivity index (χ0v) is 7.40. The molecule has 3 aromatic rings. The zero-order valence-electron chi connectivity index (χ0n) is 7.40. The van der Waals surface area contributed by atoms with Crippen LogP contribution in [0.3, 0.4) is 0 Å². The molecule has 1 N–H and O–H groups in total. The molecule has 2 nitrogen and oxygen atoms in total. The lowest BCUT2D eigenvalue weighted by atomic mass is 10.1. The summed E-state index contributed by atoms with van der Waals surface area (Å²) in [4.78, 5) is 0. The first kappa shape index (κ1) is 7.44. The molecule has 0 aliphatic carbocycles. The van der Waals surface area contributed by atoms with Gasteiger partial charge in [0.05, 0.1) is 5.39 Å². The van der Waals surface area contributed by atoms with E-state index in [4.69, 9.17) is 4.42 Å². The molecular weight excluding hydrogens is 176 g/mol. The minimum absolute atomic E-state index is 0.271. The summed E-state index contributed by atoms with van der Waals surface area (Å²) < 4.78 is 5.57. The Morgan fingerprint density at radius 2 is 1.64 bits per heavy atom. The Labute approximate surface area is 80.4 Å². The molecule has 0 fully saturated rings. The first-order valence-corrected chi connectivity index (χ1v) is 4.45. The van der Waals surface area contributed by atoms with Gasteiger partial charge in [-0.05, 0) is 18.2 Å². The number of aromatic hydroxyl groups is 1. The van der Waals surface area contributed by atoms with Crippen molar-refractivity contribution in [1.29, 1.82) is 0 Å². The average molecular weight is 184 g/mol. The van der Waals surface area contributed by atoms with Crippen molar-refractivity contribution in [1.82, 2.24) is 0 Å². The second-order valence-electron chi connectivity index (χ2n) is 3.25. The molecule has 0 aliphatic rings. The van der Waals surface area contributed by atoms with E-state index in [2.05, 4.69) is 0 Å². The largest absolute Gasteiger partial charge is 0.507 e. The summed E-state index contributed by atoms with van der Waals surface area (Å²) in [7, 11) is 0. The number of benzene rings is 2. The molecule has 2 aromatic carbocycles. The van der Waals surface area contributed by atoms with Gasteiger partial charge < -0.3 is 9.52 Å². The highest BCUT2D eigenvalue weighted by molar-refractivity contribution is 6.07. The van der Waals surface area contributed by atoms with Crippen LogP contribution < -0.4 is 0 Å². The predicted octanol–water partition coefficient (Wildman–Crippen LogP) is 3.29. The minimum atomic E-state index is 0.271. The summed E-state index contributed by atoms with van der Waals surface area (Å²) in [6.45, 7) is 0. The lowest BCUT2D eigenvalue weighted by Gasteiger charge is -1.92. The van der Waals surface area contributed by atoms with Gasteiger partial charge in [0.1, 0.15) is 16.9 Å². The number of phenolic OH excluding ortho intramolecular Hbond substituents is 1. The van der Waals surface area contributed by atoms with Crippen molar-refractivity contribution in [3.63, 3.8) is 0 Å². The van der Waals surface area contributed by atoms with Crippen LogP contribution in [0.15, 0.2) is 46.9 Å². The van der Waals surface area contributed by atoms with E-state index in [9.17, 15) is 5.11 Å². The SMILES string of the molecule is Oc1cccc2oc3ccccc3c12. The molecule has 0 amide bonds. The van der Waals surface area contributed by atoms with Crippen LogP contribution in [0.5, 0.6) is 5.75 Å². The van der Waals surface area contributed by atoms with E-state index in [-0.39, 0.29) is 5.75 Å². The van der Waals surface area contributed by atoms with Gasteiger partial charge in [-0.2, -0.15) is 0 Å². The number of para-hydroxylation sites is 1. The van der Waals surface area contributed by atoms with Crippen molar-refractivity contribution in [3.05, 3.63) is 42.5 Å².